The van der Waals surface area contributed by atoms with Crippen molar-refractivity contribution in [2.45, 2.75) is 62.3 Å². The second-order valence-electron chi connectivity index (χ2n) is 14.6. The molecular weight excluding hydrogens is 723 g/mol. The number of fused-ring (bicyclic) bond motifs is 4. The molecule has 7 heterocycles. The number of aromatic nitrogens is 5. The Kier molecular flexibility index (Phi) is 8.61. The van der Waals surface area contributed by atoms with Gasteiger partial charge in [0.05, 0.1) is 34.6 Å². The van der Waals surface area contributed by atoms with Crippen LogP contribution in [-0.2, 0) is 12.6 Å². The number of benzene rings is 2. The average molecular weight is 759 g/mol. The van der Waals surface area contributed by atoms with Crippen LogP contribution >= 0.6 is 0 Å². The molecule has 3 atom stereocenters. The Labute approximate surface area is 311 Å². The van der Waals surface area contributed by atoms with Crippen LogP contribution in [-0.4, -0.2) is 91.9 Å². The van der Waals surface area contributed by atoms with E-state index < -0.39 is 23.5 Å². The highest BCUT2D eigenvalue weighted by Crippen LogP contribution is 2.45. The van der Waals surface area contributed by atoms with Crippen LogP contribution < -0.4 is 19.7 Å². The molecule has 0 radical (unpaired) electrons. The molecule has 0 saturated carbocycles. The lowest BCUT2D eigenvalue weighted by Crippen LogP contribution is -2.51. The van der Waals surface area contributed by atoms with Crippen LogP contribution in [0.2, 0.25) is 0 Å². The summed E-state index contributed by atoms with van der Waals surface area (Å²) in [6, 6.07) is 5.49. The summed E-state index contributed by atoms with van der Waals surface area (Å²) in [6.07, 6.45) is 7.25. The molecule has 55 heavy (non-hydrogen) atoms. The molecule has 284 valence electrons. The monoisotopic (exact) mass is 758 g/mol. The zero-order valence-corrected chi connectivity index (χ0v) is 29.5. The molecule has 4 aliphatic rings. The van der Waals surface area contributed by atoms with E-state index in [9.17, 15) is 18.3 Å². The van der Waals surface area contributed by atoms with Gasteiger partial charge in [0.25, 0.3) is 0 Å². The average Bonchev–Trinajstić information content (AvgIpc) is 3.70. The number of halogens is 5. The highest BCUT2D eigenvalue weighted by molar-refractivity contribution is 6.03. The lowest BCUT2D eigenvalue weighted by atomic mass is 9.95. The summed E-state index contributed by atoms with van der Waals surface area (Å²) in [5.74, 6) is 1.35. The van der Waals surface area contributed by atoms with Crippen LogP contribution in [0.25, 0.3) is 32.9 Å². The fraction of sp³-hybridized carbons (Fsp3) is 0.410. The smallest absolute Gasteiger partial charge is 0.434 e. The fourth-order valence-electron chi connectivity index (χ4n) is 8.90. The number of phenolic OH excluding ortho intramolecular Hbond substituents is 1. The molecule has 0 spiro atoms. The van der Waals surface area contributed by atoms with Gasteiger partial charge in [0, 0.05) is 42.7 Å². The van der Waals surface area contributed by atoms with Crippen molar-refractivity contribution in [2.24, 2.45) is 0 Å². The molecule has 0 unspecified atom stereocenters. The minimum atomic E-state index is -4.59. The first-order valence-electron chi connectivity index (χ1n) is 18.2. The van der Waals surface area contributed by atoms with E-state index in [2.05, 4.69) is 31.0 Å². The van der Waals surface area contributed by atoms with Gasteiger partial charge in [-0.3, -0.25) is 4.90 Å². The van der Waals surface area contributed by atoms with Gasteiger partial charge in [-0.25, -0.2) is 23.7 Å². The van der Waals surface area contributed by atoms with Gasteiger partial charge in [0.2, 0.25) is 5.88 Å². The molecule has 3 saturated heterocycles. The van der Waals surface area contributed by atoms with Crippen molar-refractivity contribution in [2.75, 3.05) is 44.3 Å². The minimum absolute atomic E-state index is 0.000705. The number of pyridine rings is 1. The van der Waals surface area contributed by atoms with Gasteiger partial charge in [-0.15, -0.1) is 6.42 Å². The zero-order chi connectivity index (χ0) is 38.1. The highest BCUT2D eigenvalue weighted by atomic mass is 19.4. The number of terminal acetylenes is 1. The summed E-state index contributed by atoms with van der Waals surface area (Å²) in [6.45, 7) is 3.23. The second-order valence-corrected chi connectivity index (χ2v) is 14.6. The lowest BCUT2D eigenvalue weighted by molar-refractivity contribution is -0.141. The molecule has 3 aromatic heterocycles. The van der Waals surface area contributed by atoms with E-state index in [0.29, 0.717) is 61.0 Å². The predicted octanol–water partition coefficient (Wildman–Crippen LogP) is 5.80. The maximum atomic E-state index is 17.2. The van der Waals surface area contributed by atoms with E-state index in [4.69, 9.17) is 30.8 Å². The number of anilines is 1. The number of nitrogens with one attached hydrogen (secondary N) is 1. The van der Waals surface area contributed by atoms with Crippen LogP contribution in [0.5, 0.6) is 17.6 Å². The number of alkyl halides is 3. The molecule has 11 nitrogen and oxygen atoms in total. The first kappa shape index (κ1) is 35.3. The number of ether oxygens (including phenoxy) is 2. The molecule has 9 rings (SSSR count). The summed E-state index contributed by atoms with van der Waals surface area (Å²) in [5, 5.41) is 15.3. The van der Waals surface area contributed by atoms with Gasteiger partial charge in [0.1, 0.15) is 41.8 Å². The standard InChI is InChI=1S/C39H35F5N8O3/c1-2-25-27(40)6-4-21-14-24(53)15-26(31(21)25)34-33(41)35-32-28(48-34)7-5-22-16-45-11-13-51(22)36(32)50-37(49-35)55-20-38-9-3-12-52(38)23(8-10-38)19-54-30-18-46-29(17-47-30)39(42,43)44/h1,4,6,14-15,17-18,22-23,45,53H,3,5,7-13,16,19-20H2/t22-,23+,38+/m1/s1. The second kappa shape index (κ2) is 13.4. The maximum absolute atomic E-state index is 17.2. The summed E-state index contributed by atoms with van der Waals surface area (Å²) < 4.78 is 83.3. The summed E-state index contributed by atoms with van der Waals surface area (Å²) in [7, 11) is 0. The number of piperazine rings is 1. The Balaban J connectivity index is 1.07. The summed E-state index contributed by atoms with van der Waals surface area (Å²) in [5.41, 5.74) is -0.924. The van der Waals surface area contributed by atoms with Crippen LogP contribution in [0, 0.1) is 24.0 Å². The van der Waals surface area contributed by atoms with Crippen molar-refractivity contribution in [1.29, 1.82) is 0 Å². The molecule has 16 heteroatoms. The van der Waals surface area contributed by atoms with Crippen molar-refractivity contribution < 1.29 is 36.5 Å². The van der Waals surface area contributed by atoms with Crippen LogP contribution in [0.15, 0.2) is 36.7 Å². The van der Waals surface area contributed by atoms with E-state index in [1.807, 2.05) is 0 Å². The Morgan fingerprint density at radius 2 is 1.89 bits per heavy atom. The first-order valence-corrected chi connectivity index (χ1v) is 18.2. The summed E-state index contributed by atoms with van der Waals surface area (Å²) >= 11 is 0. The van der Waals surface area contributed by atoms with Crippen molar-refractivity contribution in [1.82, 2.24) is 35.1 Å². The molecule has 5 aromatic rings. The van der Waals surface area contributed by atoms with Gasteiger partial charge in [-0.05, 0) is 68.7 Å². The molecule has 2 aromatic carbocycles. The van der Waals surface area contributed by atoms with Crippen molar-refractivity contribution in [3.8, 4) is 41.2 Å². The van der Waals surface area contributed by atoms with Gasteiger partial charge in [-0.2, -0.15) is 23.1 Å². The van der Waals surface area contributed by atoms with E-state index in [1.165, 1.54) is 24.3 Å². The SMILES string of the molecule is C#Cc1c(F)ccc2cc(O)cc(-c3nc4c5c(nc(OC[C@@]67CCCN6[C@H](COc6cnc(C(F)(F)F)cn6)CC7)nc5c3F)N3CCNC[C@H]3CC4)c12. The molecule has 0 amide bonds. The molecule has 0 bridgehead atoms. The van der Waals surface area contributed by atoms with Crippen LogP contribution in [0.1, 0.15) is 49.1 Å². The van der Waals surface area contributed by atoms with Gasteiger partial charge < -0.3 is 24.8 Å². The van der Waals surface area contributed by atoms with Gasteiger partial charge in [-0.1, -0.05) is 12.0 Å². The Morgan fingerprint density at radius 3 is 2.69 bits per heavy atom. The highest BCUT2D eigenvalue weighted by Gasteiger charge is 2.50. The Bertz CT molecular complexity index is 2370. The fourth-order valence-corrected chi connectivity index (χ4v) is 8.90. The number of hydrogen-bond acceptors (Lipinski definition) is 11. The molecular formula is C39H35F5N8O3. The minimum Gasteiger partial charge on any atom is -0.508 e. The Morgan fingerprint density at radius 1 is 1.02 bits per heavy atom. The van der Waals surface area contributed by atoms with Crippen molar-refractivity contribution >= 4 is 27.5 Å². The van der Waals surface area contributed by atoms with Crippen LogP contribution in [0.4, 0.5) is 27.8 Å². The quantitative estimate of drug-likeness (QED) is 0.155. The van der Waals surface area contributed by atoms with Gasteiger partial charge in [0.15, 0.2) is 11.5 Å². The van der Waals surface area contributed by atoms with E-state index in [1.54, 1.807) is 0 Å². The van der Waals surface area contributed by atoms with Crippen molar-refractivity contribution in [3.63, 3.8) is 0 Å². The van der Waals surface area contributed by atoms with Crippen LogP contribution in [0.3, 0.4) is 0 Å². The topological polar surface area (TPSA) is 122 Å². The van der Waals surface area contributed by atoms with E-state index in [-0.39, 0.29) is 76.2 Å². The van der Waals surface area contributed by atoms with Gasteiger partial charge >= 0.3 is 12.2 Å². The number of aryl methyl sites for hydroxylation is 1. The first-order chi connectivity index (χ1) is 26.5. The third kappa shape index (κ3) is 6.09. The molecule has 3 fully saturated rings. The zero-order valence-electron chi connectivity index (χ0n) is 29.5. The Hall–Kier alpha value is -5.40. The lowest BCUT2D eigenvalue weighted by Gasteiger charge is -2.36. The molecule has 4 aliphatic heterocycles. The number of rotatable bonds is 7. The summed E-state index contributed by atoms with van der Waals surface area (Å²) in [4.78, 5) is 26.1. The third-order valence-corrected chi connectivity index (χ3v) is 11.5. The predicted molar refractivity (Wildman–Crippen MR) is 192 cm³/mol. The van der Waals surface area contributed by atoms with E-state index >= 15 is 8.78 Å². The van der Waals surface area contributed by atoms with E-state index in [0.717, 1.165) is 38.4 Å². The molecule has 0 aliphatic carbocycles. The number of nitrogens with zero attached hydrogens (tertiary/aromatic N) is 7. The normalized spacial score (nSPS) is 22.4. The maximum Gasteiger partial charge on any atom is 0.434 e. The molecule has 2 N–H and O–H groups in total. The number of hydrogen-bond donors (Lipinski definition) is 2. The largest absolute Gasteiger partial charge is 0.508 e. The number of aromatic hydroxyl groups is 1. The number of phenols is 1. The third-order valence-electron chi connectivity index (χ3n) is 11.5. The van der Waals surface area contributed by atoms with Crippen molar-refractivity contribution in [3.05, 3.63) is 65.2 Å².